The molecule has 0 radical (unpaired) electrons. The first kappa shape index (κ1) is 17.7. The van der Waals surface area contributed by atoms with Gasteiger partial charge in [-0.2, -0.15) is 0 Å². The van der Waals surface area contributed by atoms with Crippen molar-refractivity contribution in [2.45, 2.75) is 33.2 Å². The van der Waals surface area contributed by atoms with E-state index < -0.39 is 5.63 Å². The molecule has 3 rings (SSSR count). The third-order valence-corrected chi connectivity index (χ3v) is 4.09. The Labute approximate surface area is 149 Å². The minimum atomic E-state index is -0.430. The minimum absolute atomic E-state index is 0.147. The lowest BCUT2D eigenvalue weighted by molar-refractivity contribution is -0.121. The number of rotatable bonds is 6. The lowest BCUT2D eigenvalue weighted by Gasteiger charge is -2.10. The van der Waals surface area contributed by atoms with Crippen LogP contribution in [0.5, 0.6) is 5.88 Å². The fraction of sp³-hybridized carbons (Fsp3) is 0.316. The van der Waals surface area contributed by atoms with Gasteiger partial charge in [0.05, 0.1) is 7.11 Å². The maximum absolute atomic E-state index is 12.1. The van der Waals surface area contributed by atoms with Crippen LogP contribution in [0.1, 0.15) is 28.9 Å². The van der Waals surface area contributed by atoms with Gasteiger partial charge in [-0.1, -0.05) is 6.07 Å². The van der Waals surface area contributed by atoms with E-state index in [2.05, 4.69) is 10.5 Å². The molecule has 1 N–H and O–H groups in total. The van der Waals surface area contributed by atoms with Crippen molar-refractivity contribution in [3.05, 3.63) is 57.1 Å². The summed E-state index contributed by atoms with van der Waals surface area (Å²) < 4.78 is 15.3. The van der Waals surface area contributed by atoms with Gasteiger partial charge in [0.15, 0.2) is 0 Å². The molecule has 7 heteroatoms. The number of hydrogen-bond donors (Lipinski definition) is 1. The van der Waals surface area contributed by atoms with Crippen molar-refractivity contribution >= 4 is 16.9 Å². The molecular weight excluding hydrogens is 336 g/mol. The minimum Gasteiger partial charge on any atom is -0.479 e. The number of aryl methyl sites for hydroxylation is 3. The Hall–Kier alpha value is -3.09. The number of carbonyl (C=O) groups is 1. The number of amides is 1. The van der Waals surface area contributed by atoms with Gasteiger partial charge in [0.2, 0.25) is 5.91 Å². The summed E-state index contributed by atoms with van der Waals surface area (Å²) >= 11 is 0. The Morgan fingerprint density at radius 1 is 1.23 bits per heavy atom. The molecule has 136 valence electrons. The van der Waals surface area contributed by atoms with Crippen molar-refractivity contribution in [1.82, 2.24) is 10.5 Å². The molecule has 0 bridgehead atoms. The van der Waals surface area contributed by atoms with Crippen LogP contribution in [0.15, 0.2) is 38.0 Å². The van der Waals surface area contributed by atoms with E-state index in [1.807, 2.05) is 26.0 Å². The Morgan fingerprint density at radius 2 is 2.04 bits per heavy atom. The maximum Gasteiger partial charge on any atom is 0.336 e. The summed E-state index contributed by atoms with van der Waals surface area (Å²) in [5.74, 6) is 0.814. The van der Waals surface area contributed by atoms with Crippen molar-refractivity contribution < 1.29 is 18.5 Å². The molecule has 0 fully saturated rings. The van der Waals surface area contributed by atoms with E-state index >= 15 is 0 Å². The highest BCUT2D eigenvalue weighted by atomic mass is 16.5. The van der Waals surface area contributed by atoms with Gasteiger partial charge in [0, 0.05) is 36.9 Å². The van der Waals surface area contributed by atoms with E-state index in [0.29, 0.717) is 23.6 Å². The summed E-state index contributed by atoms with van der Waals surface area (Å²) in [5, 5.41) is 7.39. The molecule has 2 aromatic heterocycles. The second-order valence-electron chi connectivity index (χ2n) is 6.16. The second kappa shape index (κ2) is 7.43. The Morgan fingerprint density at radius 3 is 2.77 bits per heavy atom. The van der Waals surface area contributed by atoms with E-state index in [1.165, 1.54) is 13.2 Å². The van der Waals surface area contributed by atoms with Gasteiger partial charge in [0.25, 0.3) is 5.88 Å². The first-order valence-corrected chi connectivity index (χ1v) is 8.26. The van der Waals surface area contributed by atoms with Crippen molar-refractivity contribution in [2.24, 2.45) is 0 Å². The quantitative estimate of drug-likeness (QED) is 0.682. The van der Waals surface area contributed by atoms with Gasteiger partial charge in [-0.3, -0.25) is 4.79 Å². The van der Waals surface area contributed by atoms with Crippen LogP contribution in [0.3, 0.4) is 0 Å². The fourth-order valence-electron chi connectivity index (χ4n) is 2.94. The monoisotopic (exact) mass is 356 g/mol. The molecule has 3 aromatic rings. The molecule has 0 aliphatic carbocycles. The van der Waals surface area contributed by atoms with E-state index in [-0.39, 0.29) is 18.9 Å². The molecule has 0 aliphatic rings. The Bertz CT molecular complexity index is 1000. The standard InChI is InChI=1S/C19H20N2O5/c1-11-6-12(2)19-13(8-18(23)25-15(19)7-11)10-20-16(22)5-4-14-9-17(24-3)21-26-14/h6-9H,4-5,10H2,1-3H3,(H,20,22). The highest BCUT2D eigenvalue weighted by Gasteiger charge is 2.12. The summed E-state index contributed by atoms with van der Waals surface area (Å²) in [4.78, 5) is 23.9. The number of ether oxygens (including phenoxy) is 1. The van der Waals surface area contributed by atoms with Gasteiger partial charge in [-0.15, -0.1) is 0 Å². The zero-order valence-electron chi connectivity index (χ0n) is 14.9. The first-order chi connectivity index (χ1) is 12.5. The molecule has 0 aliphatic heterocycles. The molecule has 0 unspecified atom stereocenters. The summed E-state index contributed by atoms with van der Waals surface area (Å²) in [6.45, 7) is 4.15. The van der Waals surface area contributed by atoms with Crippen molar-refractivity contribution in [3.8, 4) is 5.88 Å². The van der Waals surface area contributed by atoms with Crippen LogP contribution in [-0.4, -0.2) is 18.2 Å². The van der Waals surface area contributed by atoms with Crippen LogP contribution in [0.4, 0.5) is 0 Å². The molecule has 2 heterocycles. The van der Waals surface area contributed by atoms with E-state index in [1.54, 1.807) is 6.07 Å². The predicted octanol–water partition coefficient (Wildman–Crippen LogP) is 2.66. The van der Waals surface area contributed by atoms with Crippen molar-refractivity contribution in [3.63, 3.8) is 0 Å². The lowest BCUT2D eigenvalue weighted by atomic mass is 10.0. The zero-order valence-corrected chi connectivity index (χ0v) is 14.9. The lowest BCUT2D eigenvalue weighted by Crippen LogP contribution is -2.23. The van der Waals surface area contributed by atoms with E-state index in [9.17, 15) is 9.59 Å². The molecular formula is C19H20N2O5. The van der Waals surface area contributed by atoms with Gasteiger partial charge in [-0.05, 0) is 41.8 Å². The number of hydrogen-bond acceptors (Lipinski definition) is 6. The molecule has 0 atom stereocenters. The third kappa shape index (κ3) is 3.93. The van der Waals surface area contributed by atoms with E-state index in [4.69, 9.17) is 13.7 Å². The third-order valence-electron chi connectivity index (χ3n) is 4.09. The van der Waals surface area contributed by atoms with Crippen molar-refractivity contribution in [1.29, 1.82) is 0 Å². The van der Waals surface area contributed by atoms with Crippen LogP contribution in [0, 0.1) is 13.8 Å². The highest BCUT2D eigenvalue weighted by Crippen LogP contribution is 2.23. The first-order valence-electron chi connectivity index (χ1n) is 8.26. The van der Waals surface area contributed by atoms with Crippen LogP contribution >= 0.6 is 0 Å². The highest BCUT2D eigenvalue weighted by molar-refractivity contribution is 5.85. The molecule has 0 saturated heterocycles. The van der Waals surface area contributed by atoms with Crippen molar-refractivity contribution in [2.75, 3.05) is 7.11 Å². The molecule has 0 spiro atoms. The largest absolute Gasteiger partial charge is 0.479 e. The molecule has 7 nitrogen and oxygen atoms in total. The van der Waals surface area contributed by atoms with Crippen LogP contribution in [0.25, 0.3) is 11.0 Å². The molecule has 0 saturated carbocycles. The van der Waals surface area contributed by atoms with Gasteiger partial charge in [0.1, 0.15) is 11.3 Å². The topological polar surface area (TPSA) is 94.6 Å². The van der Waals surface area contributed by atoms with Gasteiger partial charge in [-0.25, -0.2) is 4.79 Å². The smallest absolute Gasteiger partial charge is 0.336 e. The van der Waals surface area contributed by atoms with E-state index in [0.717, 1.165) is 22.1 Å². The SMILES string of the molecule is COc1cc(CCC(=O)NCc2cc(=O)oc3cc(C)cc(C)c23)on1. The number of methoxy groups -OCH3 is 1. The van der Waals surface area contributed by atoms with Gasteiger partial charge < -0.3 is 19.0 Å². The maximum atomic E-state index is 12.1. The molecule has 26 heavy (non-hydrogen) atoms. The zero-order chi connectivity index (χ0) is 18.7. The fourth-order valence-corrected chi connectivity index (χ4v) is 2.94. The average molecular weight is 356 g/mol. The number of nitrogens with zero attached hydrogens (tertiary/aromatic N) is 1. The summed E-state index contributed by atoms with van der Waals surface area (Å²) in [6.07, 6.45) is 0.661. The molecule has 1 aromatic carbocycles. The number of nitrogens with one attached hydrogen (secondary N) is 1. The average Bonchev–Trinajstić information content (AvgIpc) is 3.05. The Kier molecular flexibility index (Phi) is 5.06. The summed E-state index contributed by atoms with van der Waals surface area (Å²) in [7, 11) is 1.50. The van der Waals surface area contributed by atoms with Gasteiger partial charge >= 0.3 is 5.63 Å². The van der Waals surface area contributed by atoms with Crippen LogP contribution in [0.2, 0.25) is 0 Å². The van der Waals surface area contributed by atoms with Crippen LogP contribution < -0.4 is 15.7 Å². The summed E-state index contributed by atoms with van der Waals surface area (Å²) in [5.41, 5.74) is 2.86. The number of benzene rings is 1. The summed E-state index contributed by atoms with van der Waals surface area (Å²) in [6, 6.07) is 6.92. The number of aromatic nitrogens is 1. The number of carbonyl (C=O) groups excluding carboxylic acids is 1. The second-order valence-corrected chi connectivity index (χ2v) is 6.16. The Balaban J connectivity index is 1.69. The molecule has 1 amide bonds. The predicted molar refractivity (Wildman–Crippen MR) is 95.2 cm³/mol. The normalized spacial score (nSPS) is 10.9. The van der Waals surface area contributed by atoms with Crippen LogP contribution in [-0.2, 0) is 17.8 Å². The number of fused-ring (bicyclic) bond motifs is 1.